The minimum absolute atomic E-state index is 0.0196. The topological polar surface area (TPSA) is 89.8 Å². The first-order valence-electron chi connectivity index (χ1n) is 8.17. The van der Waals surface area contributed by atoms with Gasteiger partial charge in [0.15, 0.2) is 0 Å². The lowest BCUT2D eigenvalue weighted by Crippen LogP contribution is -2.26. The number of hydrogen-bond acceptors (Lipinski definition) is 5. The summed E-state index contributed by atoms with van der Waals surface area (Å²) in [5.74, 6) is -0.0791. The van der Waals surface area contributed by atoms with Gasteiger partial charge in [0.05, 0.1) is 19.9 Å². The predicted octanol–water partition coefficient (Wildman–Crippen LogP) is 3.64. The zero-order valence-corrected chi connectivity index (χ0v) is 16.3. The quantitative estimate of drug-likeness (QED) is 0.327. The molecule has 2 aromatic rings. The van der Waals surface area contributed by atoms with Gasteiger partial charge < -0.3 is 20.2 Å². The molecule has 0 aliphatic heterocycles. The first-order chi connectivity index (χ1) is 12.8. The largest absolute Gasteiger partial charge is 0.467 e. The Balaban J connectivity index is 2.28. The summed E-state index contributed by atoms with van der Waals surface area (Å²) in [6.07, 6.45) is 1.54. The highest BCUT2D eigenvalue weighted by atomic mass is 35.5. The third-order valence-electron chi connectivity index (χ3n) is 3.95. The zero-order valence-electron chi connectivity index (χ0n) is 15.5. The fourth-order valence-corrected chi connectivity index (χ4v) is 2.40. The summed E-state index contributed by atoms with van der Waals surface area (Å²) in [6.45, 7) is 8.18. The first-order valence-corrected chi connectivity index (χ1v) is 8.55. The molecule has 142 valence electrons. The summed E-state index contributed by atoms with van der Waals surface area (Å²) in [6, 6.07) is 9.33. The van der Waals surface area contributed by atoms with E-state index in [1.807, 2.05) is 32.0 Å². The van der Waals surface area contributed by atoms with E-state index in [9.17, 15) is 4.79 Å². The molecule has 1 aromatic carbocycles. The molecule has 0 radical (unpaired) electrons. The van der Waals surface area contributed by atoms with Crippen LogP contribution in [0.25, 0.3) is 5.70 Å². The minimum Gasteiger partial charge on any atom is -0.467 e. The van der Waals surface area contributed by atoms with Gasteiger partial charge in [0.1, 0.15) is 22.3 Å². The van der Waals surface area contributed by atoms with Crippen LogP contribution in [0.4, 0.5) is 0 Å². The zero-order chi connectivity index (χ0) is 20.0. The number of furan rings is 1. The van der Waals surface area contributed by atoms with Gasteiger partial charge in [-0.1, -0.05) is 30.3 Å². The van der Waals surface area contributed by atoms with Crippen molar-refractivity contribution in [1.29, 1.82) is 0 Å². The number of rotatable bonds is 7. The normalized spacial score (nSPS) is 12.4. The van der Waals surface area contributed by atoms with Crippen LogP contribution in [0.15, 0.2) is 63.3 Å². The number of aryl methyl sites for hydroxylation is 2. The maximum Gasteiger partial charge on any atom is 0.356 e. The predicted molar refractivity (Wildman–Crippen MR) is 107 cm³/mol. The molecule has 3 N–H and O–H groups in total. The van der Waals surface area contributed by atoms with Crippen molar-refractivity contribution in [3.8, 4) is 0 Å². The van der Waals surface area contributed by atoms with Crippen molar-refractivity contribution in [2.45, 2.75) is 20.4 Å². The molecule has 0 atom stereocenters. The SMILES string of the molecule is C=C(NC(C(=O)OC)=C(Cl)C(N)=NCc1ccco1)c1ccc(C)c(C)c1. The number of nitrogens with two attached hydrogens (primary N) is 1. The van der Waals surface area contributed by atoms with Crippen molar-refractivity contribution < 1.29 is 13.9 Å². The van der Waals surface area contributed by atoms with Crippen molar-refractivity contribution in [1.82, 2.24) is 5.32 Å². The number of amidine groups is 1. The third-order valence-corrected chi connectivity index (χ3v) is 4.33. The Bertz CT molecular complexity index is 899. The molecule has 0 aliphatic rings. The van der Waals surface area contributed by atoms with Crippen LogP contribution in [0.1, 0.15) is 22.5 Å². The summed E-state index contributed by atoms with van der Waals surface area (Å²) >= 11 is 6.29. The van der Waals surface area contributed by atoms with Gasteiger partial charge >= 0.3 is 5.97 Å². The fourth-order valence-electron chi connectivity index (χ4n) is 2.21. The Hall–Kier alpha value is -2.99. The lowest BCUT2D eigenvalue weighted by Gasteiger charge is -2.15. The monoisotopic (exact) mass is 387 g/mol. The van der Waals surface area contributed by atoms with Crippen LogP contribution in [0, 0.1) is 13.8 Å². The van der Waals surface area contributed by atoms with E-state index in [1.54, 1.807) is 12.1 Å². The molecule has 0 saturated carbocycles. The van der Waals surface area contributed by atoms with Gasteiger partial charge in [0.2, 0.25) is 0 Å². The van der Waals surface area contributed by atoms with E-state index in [0.29, 0.717) is 11.5 Å². The Kier molecular flexibility index (Phi) is 6.85. The molecule has 7 heteroatoms. The number of ether oxygens (including phenoxy) is 1. The smallest absolute Gasteiger partial charge is 0.356 e. The summed E-state index contributed by atoms with van der Waals surface area (Å²) < 4.78 is 9.99. The van der Waals surface area contributed by atoms with E-state index in [2.05, 4.69) is 16.9 Å². The first kappa shape index (κ1) is 20.3. The summed E-state index contributed by atoms with van der Waals surface area (Å²) in [5, 5.41) is 2.84. The van der Waals surface area contributed by atoms with Crippen LogP contribution in [-0.4, -0.2) is 18.9 Å². The average molecular weight is 388 g/mol. The summed E-state index contributed by atoms with van der Waals surface area (Å²) in [5.41, 5.74) is 9.44. The average Bonchev–Trinajstić information content (AvgIpc) is 3.18. The molecule has 0 amide bonds. The number of halogens is 1. The number of nitrogens with one attached hydrogen (secondary N) is 1. The van der Waals surface area contributed by atoms with E-state index < -0.39 is 5.97 Å². The number of carbonyl (C=O) groups is 1. The number of nitrogens with zero attached hydrogens (tertiary/aromatic N) is 1. The second-order valence-electron chi connectivity index (χ2n) is 5.86. The highest BCUT2D eigenvalue weighted by Crippen LogP contribution is 2.19. The Morgan fingerprint density at radius 2 is 2.07 bits per heavy atom. The van der Waals surface area contributed by atoms with Gasteiger partial charge in [-0.05, 0) is 48.7 Å². The Labute approximate surface area is 163 Å². The molecule has 6 nitrogen and oxygen atoms in total. The molecule has 1 aromatic heterocycles. The highest BCUT2D eigenvalue weighted by Gasteiger charge is 2.19. The molecular formula is C20H22ClN3O3. The standard InChI is InChI=1S/C20H22ClN3O3/c1-12-7-8-15(10-13(12)2)14(3)24-18(20(25)26-4)17(21)19(22)23-11-16-6-5-9-27-16/h5-10,24H,3,11H2,1-2,4H3,(H2,22,23). The summed E-state index contributed by atoms with van der Waals surface area (Å²) in [4.78, 5) is 16.3. The van der Waals surface area contributed by atoms with E-state index >= 15 is 0 Å². The van der Waals surface area contributed by atoms with Crippen molar-refractivity contribution in [2.24, 2.45) is 10.7 Å². The van der Waals surface area contributed by atoms with Gasteiger partial charge in [-0.2, -0.15) is 0 Å². The van der Waals surface area contributed by atoms with Gasteiger partial charge in [0.25, 0.3) is 0 Å². The number of carbonyl (C=O) groups excluding carboxylic acids is 1. The van der Waals surface area contributed by atoms with Gasteiger partial charge in [-0.15, -0.1) is 0 Å². The van der Waals surface area contributed by atoms with Crippen molar-refractivity contribution >= 4 is 29.1 Å². The number of benzene rings is 1. The number of esters is 1. The van der Waals surface area contributed by atoms with Crippen LogP contribution in [-0.2, 0) is 16.1 Å². The molecule has 0 bridgehead atoms. The van der Waals surface area contributed by atoms with Crippen molar-refractivity contribution in [2.75, 3.05) is 7.11 Å². The molecular weight excluding hydrogens is 366 g/mol. The van der Waals surface area contributed by atoms with Crippen LogP contribution in [0.3, 0.4) is 0 Å². The minimum atomic E-state index is -0.680. The van der Waals surface area contributed by atoms with Crippen molar-refractivity contribution in [3.63, 3.8) is 0 Å². The van der Waals surface area contributed by atoms with E-state index in [-0.39, 0.29) is 23.1 Å². The molecule has 0 unspecified atom stereocenters. The number of aliphatic imine (C=N–C) groups is 1. The number of methoxy groups -OCH3 is 1. The van der Waals surface area contributed by atoms with E-state index in [4.69, 9.17) is 26.5 Å². The summed E-state index contributed by atoms with van der Waals surface area (Å²) in [7, 11) is 1.25. The molecule has 0 spiro atoms. The lowest BCUT2D eigenvalue weighted by atomic mass is 10.0. The molecule has 0 aliphatic carbocycles. The fraction of sp³-hybridized carbons (Fsp3) is 0.200. The third kappa shape index (κ3) is 5.24. The van der Waals surface area contributed by atoms with Crippen molar-refractivity contribution in [3.05, 3.63) is 76.4 Å². The molecule has 1 heterocycles. The van der Waals surface area contributed by atoms with Crippen LogP contribution < -0.4 is 11.1 Å². The molecule has 0 saturated heterocycles. The highest BCUT2D eigenvalue weighted by molar-refractivity contribution is 6.44. The van der Waals surface area contributed by atoms with E-state index in [0.717, 1.165) is 16.7 Å². The van der Waals surface area contributed by atoms with Crippen LogP contribution >= 0.6 is 11.6 Å². The number of hydrogen-bond donors (Lipinski definition) is 2. The molecule has 27 heavy (non-hydrogen) atoms. The Morgan fingerprint density at radius 1 is 1.33 bits per heavy atom. The maximum absolute atomic E-state index is 12.2. The van der Waals surface area contributed by atoms with Gasteiger partial charge in [-0.25, -0.2) is 4.79 Å². The van der Waals surface area contributed by atoms with Gasteiger partial charge in [0, 0.05) is 5.70 Å². The second kappa shape index (κ2) is 9.09. The van der Waals surface area contributed by atoms with Crippen LogP contribution in [0.5, 0.6) is 0 Å². The van der Waals surface area contributed by atoms with Gasteiger partial charge in [-0.3, -0.25) is 4.99 Å². The maximum atomic E-state index is 12.2. The second-order valence-corrected chi connectivity index (χ2v) is 6.24. The molecule has 0 fully saturated rings. The molecule has 2 rings (SSSR count). The van der Waals surface area contributed by atoms with E-state index in [1.165, 1.54) is 13.4 Å². The Morgan fingerprint density at radius 3 is 2.67 bits per heavy atom. The lowest BCUT2D eigenvalue weighted by molar-refractivity contribution is -0.136. The van der Waals surface area contributed by atoms with Crippen LogP contribution in [0.2, 0.25) is 0 Å².